The monoisotopic (exact) mass is 319 g/mol. The van der Waals surface area contributed by atoms with Crippen LogP contribution in [0.2, 0.25) is 0 Å². The van der Waals surface area contributed by atoms with Crippen molar-refractivity contribution in [1.29, 1.82) is 0 Å². The normalized spacial score (nSPS) is 11.3. The average Bonchev–Trinajstić information content (AvgIpc) is 3.06. The van der Waals surface area contributed by atoms with Crippen molar-refractivity contribution in [3.8, 4) is 11.5 Å². The van der Waals surface area contributed by atoms with Gasteiger partial charge in [0.2, 0.25) is 17.7 Å². The molecule has 23 heavy (non-hydrogen) atoms. The highest BCUT2D eigenvalue weighted by Crippen LogP contribution is 2.23. The van der Waals surface area contributed by atoms with Gasteiger partial charge in [-0.1, -0.05) is 13.8 Å². The van der Waals surface area contributed by atoms with Crippen LogP contribution in [0.4, 0.5) is 0 Å². The van der Waals surface area contributed by atoms with Crippen molar-refractivity contribution in [1.82, 2.24) is 20.5 Å². The number of aromatic nitrogens is 3. The van der Waals surface area contributed by atoms with E-state index in [4.69, 9.17) is 10.2 Å². The number of unbranched alkanes of at least 4 members (excludes halogenated alkanes) is 1. The van der Waals surface area contributed by atoms with Crippen molar-refractivity contribution in [2.24, 2.45) is 5.73 Å². The lowest BCUT2D eigenvalue weighted by atomic mass is 10.1. The van der Waals surface area contributed by atoms with E-state index in [-0.39, 0.29) is 11.9 Å². The molecule has 0 aliphatic carbocycles. The van der Waals surface area contributed by atoms with Crippen molar-refractivity contribution < 1.29 is 9.21 Å². The van der Waals surface area contributed by atoms with Crippen LogP contribution in [0.3, 0.4) is 0 Å². The maximum Gasteiger partial charge on any atom is 0.247 e. The predicted molar refractivity (Wildman–Crippen MR) is 88.3 cm³/mol. The molecule has 0 aliphatic heterocycles. The number of amides is 1. The lowest BCUT2D eigenvalue weighted by Gasteiger charge is -2.13. The van der Waals surface area contributed by atoms with E-state index in [2.05, 4.69) is 20.5 Å². The fourth-order valence-corrected chi connectivity index (χ4v) is 1.98. The predicted octanol–water partition coefficient (Wildman–Crippen LogP) is 2.46. The Balaban J connectivity index is 0.00000127. The second kappa shape index (κ2) is 10.4. The minimum absolute atomic E-state index is 0.128. The fraction of sp³-hybridized carbons (Fsp3) is 0.500. The molecule has 2 aromatic rings. The van der Waals surface area contributed by atoms with E-state index < -0.39 is 0 Å². The van der Waals surface area contributed by atoms with Crippen molar-refractivity contribution >= 4 is 5.91 Å². The summed E-state index contributed by atoms with van der Waals surface area (Å²) in [5.74, 6) is 0.701. The summed E-state index contributed by atoms with van der Waals surface area (Å²) in [5.41, 5.74) is 6.29. The highest BCUT2D eigenvalue weighted by atomic mass is 16.4. The lowest BCUT2D eigenvalue weighted by Crippen LogP contribution is -2.26. The first kappa shape index (κ1) is 18.8. The zero-order valence-corrected chi connectivity index (χ0v) is 14.0. The molecule has 0 spiro atoms. The number of nitrogens with two attached hydrogens (primary N) is 1. The summed E-state index contributed by atoms with van der Waals surface area (Å²) >= 11 is 0. The first-order valence-corrected chi connectivity index (χ1v) is 7.91. The Hall–Kier alpha value is -2.28. The number of pyridine rings is 1. The quantitative estimate of drug-likeness (QED) is 0.759. The van der Waals surface area contributed by atoms with E-state index in [1.54, 1.807) is 24.5 Å². The van der Waals surface area contributed by atoms with Crippen LogP contribution in [0.25, 0.3) is 11.5 Å². The molecule has 7 heteroatoms. The molecule has 0 aliphatic rings. The van der Waals surface area contributed by atoms with E-state index in [1.807, 2.05) is 13.8 Å². The molecule has 1 unspecified atom stereocenters. The zero-order chi connectivity index (χ0) is 17.1. The van der Waals surface area contributed by atoms with Gasteiger partial charge < -0.3 is 15.5 Å². The molecule has 2 aromatic heterocycles. The largest absolute Gasteiger partial charge is 0.418 e. The minimum Gasteiger partial charge on any atom is -0.418 e. The van der Waals surface area contributed by atoms with Gasteiger partial charge in [0.1, 0.15) is 6.04 Å². The molecule has 126 valence electrons. The second-order valence-corrected chi connectivity index (χ2v) is 4.72. The fourth-order valence-electron chi connectivity index (χ4n) is 1.98. The number of nitrogens with zero attached hydrogens (tertiary/aromatic N) is 3. The van der Waals surface area contributed by atoms with Crippen LogP contribution in [0, 0.1) is 0 Å². The number of carbonyl (C=O) groups is 1. The number of carbonyl (C=O) groups excluding carboxylic acids is 1. The van der Waals surface area contributed by atoms with Gasteiger partial charge in [0.15, 0.2) is 0 Å². The standard InChI is InChI=1S/C14H19N5O2.C2H6/c1-10(20)17-12(4-2-3-7-15)14-19-18-13(21-14)11-5-8-16-9-6-11;1-2/h5-6,8-9,12H,2-4,7,15H2,1H3,(H,17,20);1-2H3. The summed E-state index contributed by atoms with van der Waals surface area (Å²) < 4.78 is 5.67. The summed E-state index contributed by atoms with van der Waals surface area (Å²) in [4.78, 5) is 15.2. The van der Waals surface area contributed by atoms with E-state index in [0.717, 1.165) is 24.8 Å². The Morgan fingerprint density at radius 1 is 1.26 bits per heavy atom. The number of rotatable bonds is 7. The van der Waals surface area contributed by atoms with Crippen LogP contribution in [-0.2, 0) is 4.79 Å². The van der Waals surface area contributed by atoms with Gasteiger partial charge in [-0.15, -0.1) is 10.2 Å². The molecule has 0 radical (unpaired) electrons. The lowest BCUT2D eigenvalue weighted by molar-refractivity contribution is -0.119. The van der Waals surface area contributed by atoms with E-state index in [1.165, 1.54) is 6.92 Å². The van der Waals surface area contributed by atoms with Gasteiger partial charge in [0, 0.05) is 24.9 Å². The number of hydrogen-bond acceptors (Lipinski definition) is 6. The highest BCUT2D eigenvalue weighted by Gasteiger charge is 2.19. The van der Waals surface area contributed by atoms with Crippen molar-refractivity contribution in [2.45, 2.75) is 46.1 Å². The van der Waals surface area contributed by atoms with Crippen LogP contribution in [-0.4, -0.2) is 27.6 Å². The van der Waals surface area contributed by atoms with Gasteiger partial charge in [-0.25, -0.2) is 0 Å². The Morgan fingerprint density at radius 2 is 1.96 bits per heavy atom. The summed E-state index contributed by atoms with van der Waals surface area (Å²) in [6.45, 7) is 6.09. The molecule has 3 N–H and O–H groups in total. The van der Waals surface area contributed by atoms with Crippen LogP contribution in [0.15, 0.2) is 28.9 Å². The summed E-state index contributed by atoms with van der Waals surface area (Å²) in [6.07, 6.45) is 5.81. The molecule has 0 aromatic carbocycles. The molecular weight excluding hydrogens is 294 g/mol. The third-order valence-electron chi connectivity index (χ3n) is 2.99. The van der Waals surface area contributed by atoms with Gasteiger partial charge in [-0.2, -0.15) is 0 Å². The van der Waals surface area contributed by atoms with Crippen LogP contribution < -0.4 is 11.1 Å². The molecule has 0 saturated carbocycles. The zero-order valence-electron chi connectivity index (χ0n) is 14.0. The van der Waals surface area contributed by atoms with Gasteiger partial charge in [0.05, 0.1) is 0 Å². The van der Waals surface area contributed by atoms with E-state index in [0.29, 0.717) is 18.3 Å². The minimum atomic E-state index is -0.280. The first-order chi connectivity index (χ1) is 11.2. The maximum absolute atomic E-state index is 11.3. The van der Waals surface area contributed by atoms with E-state index >= 15 is 0 Å². The van der Waals surface area contributed by atoms with Crippen molar-refractivity contribution in [3.05, 3.63) is 30.4 Å². The molecular formula is C16H25N5O2. The number of nitrogens with one attached hydrogen (secondary N) is 1. The summed E-state index contributed by atoms with van der Waals surface area (Å²) in [6, 6.07) is 3.30. The molecule has 2 rings (SSSR count). The van der Waals surface area contributed by atoms with Crippen LogP contribution in [0.1, 0.15) is 52.0 Å². The molecule has 0 saturated heterocycles. The summed E-state index contributed by atoms with van der Waals surface area (Å²) in [7, 11) is 0. The smallest absolute Gasteiger partial charge is 0.247 e. The second-order valence-electron chi connectivity index (χ2n) is 4.72. The Labute approximate surface area is 136 Å². The molecule has 7 nitrogen and oxygen atoms in total. The molecule has 2 heterocycles. The first-order valence-electron chi connectivity index (χ1n) is 7.91. The molecule has 1 amide bonds. The summed E-state index contributed by atoms with van der Waals surface area (Å²) in [5, 5.41) is 10.9. The molecule has 1 atom stereocenters. The Bertz CT molecular complexity index is 571. The third-order valence-corrected chi connectivity index (χ3v) is 2.99. The Kier molecular flexibility index (Phi) is 8.52. The van der Waals surface area contributed by atoms with Crippen LogP contribution in [0.5, 0.6) is 0 Å². The SMILES string of the molecule is CC.CC(=O)NC(CCCCN)c1nnc(-c2ccncc2)o1. The van der Waals surface area contributed by atoms with Gasteiger partial charge >= 0.3 is 0 Å². The molecule has 0 fully saturated rings. The van der Waals surface area contributed by atoms with Gasteiger partial charge in [0.25, 0.3) is 0 Å². The highest BCUT2D eigenvalue weighted by molar-refractivity contribution is 5.73. The van der Waals surface area contributed by atoms with Crippen molar-refractivity contribution in [2.75, 3.05) is 6.54 Å². The van der Waals surface area contributed by atoms with Gasteiger partial charge in [-0.3, -0.25) is 9.78 Å². The van der Waals surface area contributed by atoms with E-state index in [9.17, 15) is 4.79 Å². The number of hydrogen-bond donors (Lipinski definition) is 2. The van der Waals surface area contributed by atoms with Crippen LogP contribution >= 0.6 is 0 Å². The average molecular weight is 319 g/mol. The third kappa shape index (κ3) is 6.15. The Morgan fingerprint density at radius 3 is 2.57 bits per heavy atom. The topological polar surface area (TPSA) is 107 Å². The maximum atomic E-state index is 11.3. The molecule has 0 bridgehead atoms. The van der Waals surface area contributed by atoms with Crippen molar-refractivity contribution in [3.63, 3.8) is 0 Å². The van der Waals surface area contributed by atoms with Gasteiger partial charge in [-0.05, 0) is 37.9 Å².